The van der Waals surface area contributed by atoms with Crippen molar-refractivity contribution in [3.05, 3.63) is 57.0 Å². The van der Waals surface area contributed by atoms with Crippen LogP contribution in [-0.4, -0.2) is 35.6 Å². The van der Waals surface area contributed by atoms with Crippen LogP contribution in [-0.2, 0) is 15.6 Å². The molecule has 2 aromatic carbocycles. The number of nitro benzene ring substituents is 1. The monoisotopic (exact) mass is 527 g/mol. The molecule has 1 heterocycles. The van der Waals surface area contributed by atoms with Crippen LogP contribution < -0.4 is 15.2 Å². The van der Waals surface area contributed by atoms with Crippen LogP contribution in [0.3, 0.4) is 0 Å². The summed E-state index contributed by atoms with van der Waals surface area (Å²) in [6.45, 7) is 2.30. The van der Waals surface area contributed by atoms with Crippen molar-refractivity contribution < 1.29 is 22.8 Å². The maximum absolute atomic E-state index is 14.2. The highest BCUT2D eigenvalue weighted by atomic mass is 32.2. The summed E-state index contributed by atoms with van der Waals surface area (Å²) in [5.41, 5.74) is -0.576. The van der Waals surface area contributed by atoms with Gasteiger partial charge in [-0.3, -0.25) is 14.7 Å². The fourth-order valence-corrected chi connectivity index (χ4v) is 9.05. The second-order valence-corrected chi connectivity index (χ2v) is 12.5. The van der Waals surface area contributed by atoms with Gasteiger partial charge in [-0.25, -0.2) is 13.2 Å². The van der Waals surface area contributed by atoms with Crippen LogP contribution in [0.1, 0.15) is 45.4 Å². The zero-order valence-corrected chi connectivity index (χ0v) is 21.6. The van der Waals surface area contributed by atoms with E-state index in [2.05, 4.69) is 0 Å². The smallest absolute Gasteiger partial charge is 0.343 e. The van der Waals surface area contributed by atoms with Crippen LogP contribution >= 0.6 is 0 Å². The lowest BCUT2D eigenvalue weighted by atomic mass is 9.53. The summed E-state index contributed by atoms with van der Waals surface area (Å²) < 4.78 is 41.6. The number of fused-ring (bicyclic) bond motifs is 1. The minimum Gasteiger partial charge on any atom is -0.495 e. The SMILES string of the molecule is CCOc1ccc2c(c1)n(C13CC4CC(CC(C4)C1)C3)c(=O)n2S(=O)(=O)c1ccc([N+](=O)[O-])cc1OC. The molecular formula is C26H29N3O7S. The first-order chi connectivity index (χ1) is 17.7. The number of hydrogen-bond donors (Lipinski definition) is 0. The van der Waals surface area contributed by atoms with Gasteiger partial charge >= 0.3 is 5.69 Å². The summed E-state index contributed by atoms with van der Waals surface area (Å²) in [6.07, 6.45) is 6.10. The van der Waals surface area contributed by atoms with Crippen LogP contribution in [0.15, 0.2) is 46.1 Å². The number of hydrogen-bond acceptors (Lipinski definition) is 7. The van der Waals surface area contributed by atoms with Crippen LogP contribution in [0.25, 0.3) is 11.0 Å². The van der Waals surface area contributed by atoms with Crippen LogP contribution in [0.4, 0.5) is 5.69 Å². The normalized spacial score (nSPS) is 26.5. The molecule has 3 aromatic rings. The third-order valence-corrected chi connectivity index (χ3v) is 10.2. The van der Waals surface area contributed by atoms with Gasteiger partial charge in [0, 0.05) is 12.1 Å². The average molecular weight is 528 g/mol. The molecule has 0 N–H and O–H groups in total. The molecule has 0 aliphatic heterocycles. The Hall–Kier alpha value is -3.34. The molecule has 10 nitrogen and oxygen atoms in total. The van der Waals surface area contributed by atoms with Crippen molar-refractivity contribution in [2.75, 3.05) is 13.7 Å². The Kier molecular flexibility index (Phi) is 5.41. The van der Waals surface area contributed by atoms with Crippen molar-refractivity contribution in [3.63, 3.8) is 0 Å². The maximum atomic E-state index is 14.2. The summed E-state index contributed by atoms with van der Waals surface area (Å²) in [4.78, 5) is 24.5. The van der Waals surface area contributed by atoms with E-state index in [1.54, 1.807) is 22.8 Å². The van der Waals surface area contributed by atoms with Crippen LogP contribution in [0.5, 0.6) is 11.5 Å². The molecule has 4 saturated carbocycles. The number of nitrogens with zero attached hydrogens (tertiary/aromatic N) is 3. The maximum Gasteiger partial charge on any atom is 0.343 e. The molecular weight excluding hydrogens is 498 g/mol. The van der Waals surface area contributed by atoms with E-state index in [0.29, 0.717) is 35.6 Å². The van der Waals surface area contributed by atoms with E-state index in [1.165, 1.54) is 26.4 Å². The molecule has 0 saturated heterocycles. The topological polar surface area (TPSA) is 123 Å². The Morgan fingerprint density at radius 3 is 2.24 bits per heavy atom. The number of non-ortho nitro benzene ring substituents is 1. The highest BCUT2D eigenvalue weighted by Crippen LogP contribution is 2.59. The molecule has 0 radical (unpaired) electrons. The molecule has 0 atom stereocenters. The number of methoxy groups -OCH3 is 1. The fourth-order valence-electron chi connectivity index (χ4n) is 7.52. The molecule has 11 heteroatoms. The molecule has 4 fully saturated rings. The molecule has 196 valence electrons. The molecule has 37 heavy (non-hydrogen) atoms. The highest BCUT2D eigenvalue weighted by molar-refractivity contribution is 7.90. The van der Waals surface area contributed by atoms with Crippen molar-refractivity contribution >= 4 is 26.7 Å². The second-order valence-electron chi connectivity index (χ2n) is 10.7. The minimum atomic E-state index is -4.46. The van der Waals surface area contributed by atoms with Crippen LogP contribution in [0, 0.1) is 27.9 Å². The fraction of sp³-hybridized carbons (Fsp3) is 0.500. The first kappa shape index (κ1) is 24.0. The number of rotatable bonds is 7. The predicted octanol–water partition coefficient (Wildman–Crippen LogP) is 4.28. The number of ether oxygens (including phenoxy) is 2. The van der Waals surface area contributed by atoms with Crippen molar-refractivity contribution in [2.45, 2.75) is 55.9 Å². The average Bonchev–Trinajstić information content (AvgIpc) is 3.15. The van der Waals surface area contributed by atoms with E-state index in [9.17, 15) is 23.3 Å². The lowest BCUT2D eigenvalue weighted by molar-refractivity contribution is -0.385. The Morgan fingerprint density at radius 1 is 1.03 bits per heavy atom. The lowest BCUT2D eigenvalue weighted by Gasteiger charge is -2.57. The Labute approximate surface area is 214 Å². The third-order valence-electron chi connectivity index (χ3n) is 8.44. The lowest BCUT2D eigenvalue weighted by Crippen LogP contribution is -2.54. The molecule has 0 amide bonds. The van der Waals surface area contributed by atoms with E-state index in [-0.39, 0.29) is 21.8 Å². The number of imidazole rings is 1. The summed E-state index contributed by atoms with van der Waals surface area (Å²) in [6, 6.07) is 8.32. The summed E-state index contributed by atoms with van der Waals surface area (Å²) in [5.74, 6) is 1.99. The standard InChI is InChI=1S/C26H29N3O7S/c1-3-36-20-5-6-21-22(12-20)27(26-13-16-8-17(14-26)10-18(9-16)15-26)25(30)28(21)37(33,34)24-7-4-19(29(31)32)11-23(24)35-2/h4-7,11-12,16-18H,3,8-10,13-15H2,1-2H3. The molecule has 0 spiro atoms. The zero-order valence-electron chi connectivity index (χ0n) is 20.8. The molecule has 4 aliphatic rings. The van der Waals surface area contributed by atoms with Gasteiger partial charge in [0.15, 0.2) is 0 Å². The van der Waals surface area contributed by atoms with Gasteiger partial charge in [0.25, 0.3) is 15.7 Å². The largest absolute Gasteiger partial charge is 0.495 e. The van der Waals surface area contributed by atoms with E-state index in [4.69, 9.17) is 9.47 Å². The van der Waals surface area contributed by atoms with E-state index in [1.807, 2.05) is 6.92 Å². The molecule has 4 bridgehead atoms. The van der Waals surface area contributed by atoms with Gasteiger partial charge in [0.1, 0.15) is 16.4 Å². The third kappa shape index (κ3) is 3.58. The number of nitro groups is 1. The summed E-state index contributed by atoms with van der Waals surface area (Å²) >= 11 is 0. The number of benzene rings is 2. The Bertz CT molecular complexity index is 1550. The predicted molar refractivity (Wildman–Crippen MR) is 136 cm³/mol. The second kappa shape index (κ2) is 8.34. The highest BCUT2D eigenvalue weighted by Gasteiger charge is 2.53. The van der Waals surface area contributed by atoms with Crippen LogP contribution in [0.2, 0.25) is 0 Å². The van der Waals surface area contributed by atoms with Gasteiger partial charge < -0.3 is 9.47 Å². The van der Waals surface area contributed by atoms with E-state index < -0.39 is 26.2 Å². The van der Waals surface area contributed by atoms with E-state index in [0.717, 1.165) is 41.4 Å². The first-order valence-corrected chi connectivity index (χ1v) is 14.1. The minimum absolute atomic E-state index is 0.192. The Morgan fingerprint density at radius 2 is 1.68 bits per heavy atom. The van der Waals surface area contributed by atoms with Gasteiger partial charge in [-0.05, 0) is 81.4 Å². The summed E-state index contributed by atoms with van der Waals surface area (Å²) in [5, 5.41) is 11.3. The quantitative estimate of drug-likeness (QED) is 0.332. The van der Waals surface area contributed by atoms with Gasteiger partial charge in [-0.1, -0.05) is 0 Å². The van der Waals surface area contributed by atoms with Crippen molar-refractivity contribution in [1.29, 1.82) is 0 Å². The molecule has 0 unspecified atom stereocenters. The van der Waals surface area contributed by atoms with Crippen molar-refractivity contribution in [1.82, 2.24) is 8.54 Å². The van der Waals surface area contributed by atoms with Gasteiger partial charge in [0.05, 0.1) is 41.3 Å². The van der Waals surface area contributed by atoms with Crippen molar-refractivity contribution in [3.8, 4) is 11.5 Å². The molecule has 4 aliphatic carbocycles. The molecule has 7 rings (SSSR count). The van der Waals surface area contributed by atoms with Gasteiger partial charge in [0.2, 0.25) is 0 Å². The van der Waals surface area contributed by atoms with Gasteiger partial charge in [-0.2, -0.15) is 3.97 Å². The number of aromatic nitrogens is 2. The zero-order chi connectivity index (χ0) is 26.1. The van der Waals surface area contributed by atoms with Gasteiger partial charge in [-0.15, -0.1) is 0 Å². The summed E-state index contributed by atoms with van der Waals surface area (Å²) in [7, 11) is -3.22. The first-order valence-electron chi connectivity index (χ1n) is 12.7. The van der Waals surface area contributed by atoms with E-state index >= 15 is 0 Å². The molecule has 1 aromatic heterocycles. The Balaban J connectivity index is 1.61. The van der Waals surface area contributed by atoms with Crippen molar-refractivity contribution in [2.24, 2.45) is 17.8 Å².